The Morgan fingerprint density at radius 1 is 0.460 bits per heavy atom. The van der Waals surface area contributed by atoms with E-state index in [4.69, 9.17) is 32.8 Å². The smallest absolute Gasteiger partial charge is 0.165 e. The maximum absolute atomic E-state index is 9.14. The van der Waals surface area contributed by atoms with Crippen LogP contribution < -0.4 is 0 Å². The monoisotopic (exact) mass is 669 g/mol. The molecule has 50 heavy (non-hydrogen) atoms. The SMILES string of the molecule is [2H]c1c([2H])c([2H])c(-c2cc(-c3nc(-c4ccccc4)nc(-c4cccc5c4sc4ccccc45)n3)cc(-n3c4c([2H])c([2H])c([2H])c([2H])c4c4c([2H])c([2H])c([2H])c([2H])c43)c2)c([2H])c1[2H]. The Labute approximate surface area is 310 Å². The molecule has 0 saturated carbocycles. The van der Waals surface area contributed by atoms with Crippen LogP contribution in [0.5, 0.6) is 0 Å². The van der Waals surface area contributed by atoms with E-state index in [9.17, 15) is 0 Å². The number of hydrogen-bond donors (Lipinski definition) is 0. The van der Waals surface area contributed by atoms with Gasteiger partial charge in [0.2, 0.25) is 0 Å². The van der Waals surface area contributed by atoms with E-state index in [1.165, 1.54) is 10.6 Å². The quantitative estimate of drug-likeness (QED) is 0.183. The fourth-order valence-corrected chi connectivity index (χ4v) is 7.56. The summed E-state index contributed by atoms with van der Waals surface area (Å²) in [5.74, 6) is 0.700. The van der Waals surface area contributed by atoms with Crippen molar-refractivity contribution in [2.45, 2.75) is 0 Å². The second kappa shape index (κ2) is 11.6. The van der Waals surface area contributed by atoms with E-state index in [0.29, 0.717) is 22.8 Å². The largest absolute Gasteiger partial charge is 0.309 e. The van der Waals surface area contributed by atoms with Crippen molar-refractivity contribution in [1.82, 2.24) is 19.5 Å². The van der Waals surface area contributed by atoms with Crippen LogP contribution in [0.3, 0.4) is 0 Å². The van der Waals surface area contributed by atoms with Crippen LogP contribution >= 0.6 is 11.3 Å². The number of rotatable bonds is 5. The van der Waals surface area contributed by atoms with Gasteiger partial charge in [0.15, 0.2) is 17.5 Å². The Balaban J connectivity index is 1.36. The Morgan fingerprint density at radius 3 is 1.86 bits per heavy atom. The average molecular weight is 670 g/mol. The second-order valence-electron chi connectivity index (χ2n) is 11.5. The van der Waals surface area contributed by atoms with Crippen LogP contribution in [-0.2, 0) is 0 Å². The van der Waals surface area contributed by atoms with Crippen molar-refractivity contribution >= 4 is 53.3 Å². The van der Waals surface area contributed by atoms with Gasteiger partial charge in [-0.15, -0.1) is 11.3 Å². The highest BCUT2D eigenvalue weighted by atomic mass is 32.1. The van der Waals surface area contributed by atoms with Crippen LogP contribution in [0.25, 0.3) is 93.0 Å². The molecule has 0 bridgehead atoms. The van der Waals surface area contributed by atoms with Gasteiger partial charge in [0, 0.05) is 53.3 Å². The maximum atomic E-state index is 9.14. The Bertz CT molecular complexity index is 3520. The zero-order chi connectivity index (χ0) is 44.3. The van der Waals surface area contributed by atoms with Gasteiger partial charge >= 0.3 is 0 Å². The van der Waals surface area contributed by atoms with Gasteiger partial charge in [-0.05, 0) is 53.5 Å². The number of para-hydroxylation sites is 2. The zero-order valence-corrected chi connectivity index (χ0v) is 26.7. The standard InChI is InChI=1S/C45H28N4S/c1-3-14-29(15-4-1)31-26-32(28-33(27-31)49-39-23-10-7-18-34(39)35-19-8-11-24-40(35)49)44-46-43(30-16-5-2-6-17-30)47-45(48-44)38-22-13-21-37-36-20-9-12-25-41(36)50-42(37)38/h1-28H/i1D,3D,4D,7D,8D,10D,11D,14D,15D,18D,19D,23D,24D. The highest BCUT2D eigenvalue weighted by molar-refractivity contribution is 7.26. The molecule has 0 radical (unpaired) electrons. The summed E-state index contributed by atoms with van der Waals surface area (Å²) in [6.07, 6.45) is 0. The lowest BCUT2D eigenvalue weighted by Crippen LogP contribution is -2.02. The van der Waals surface area contributed by atoms with Crippen molar-refractivity contribution in [2.75, 3.05) is 0 Å². The molecular weight excluding hydrogens is 629 g/mol. The molecule has 7 aromatic carbocycles. The van der Waals surface area contributed by atoms with Crippen LogP contribution in [-0.4, -0.2) is 19.5 Å². The minimum atomic E-state index is -0.612. The van der Waals surface area contributed by atoms with E-state index < -0.39 is 78.6 Å². The summed E-state index contributed by atoms with van der Waals surface area (Å²) in [7, 11) is 0. The predicted octanol–water partition coefficient (Wildman–Crippen LogP) is 12.0. The molecule has 0 atom stereocenters. The molecule has 0 N–H and O–H groups in total. The summed E-state index contributed by atoms with van der Waals surface area (Å²) in [6, 6.07) is 20.4. The van der Waals surface area contributed by atoms with E-state index in [2.05, 4.69) is 0 Å². The maximum Gasteiger partial charge on any atom is 0.165 e. The Hall–Kier alpha value is -6.43. The van der Waals surface area contributed by atoms with Gasteiger partial charge in [0.25, 0.3) is 0 Å². The second-order valence-corrected chi connectivity index (χ2v) is 12.6. The molecule has 234 valence electrons. The molecule has 4 nitrogen and oxygen atoms in total. The van der Waals surface area contributed by atoms with Crippen LogP contribution in [0.15, 0.2) is 170 Å². The number of nitrogens with zero attached hydrogens (tertiary/aromatic N) is 4. The van der Waals surface area contributed by atoms with Gasteiger partial charge < -0.3 is 4.57 Å². The number of benzene rings is 7. The highest BCUT2D eigenvalue weighted by Gasteiger charge is 2.19. The van der Waals surface area contributed by atoms with Crippen LogP contribution in [0.4, 0.5) is 0 Å². The lowest BCUT2D eigenvalue weighted by Gasteiger charge is -2.14. The fourth-order valence-electron chi connectivity index (χ4n) is 6.35. The third kappa shape index (κ3) is 4.71. The van der Waals surface area contributed by atoms with Crippen molar-refractivity contribution in [3.8, 4) is 51.0 Å². The minimum absolute atomic E-state index is 0.0687. The van der Waals surface area contributed by atoms with E-state index in [1.807, 2.05) is 72.8 Å². The topological polar surface area (TPSA) is 43.6 Å². The lowest BCUT2D eigenvalue weighted by atomic mass is 10.0. The molecule has 0 aliphatic heterocycles. The molecule has 0 aliphatic rings. The summed E-state index contributed by atoms with van der Waals surface area (Å²) in [4.78, 5) is 15.0. The van der Waals surface area contributed by atoms with E-state index >= 15 is 0 Å². The van der Waals surface area contributed by atoms with Gasteiger partial charge in [0.05, 0.1) is 28.9 Å². The van der Waals surface area contributed by atoms with Gasteiger partial charge in [-0.2, -0.15) is 0 Å². The van der Waals surface area contributed by atoms with E-state index in [1.54, 1.807) is 23.5 Å². The van der Waals surface area contributed by atoms with Gasteiger partial charge in [-0.1, -0.05) is 127 Å². The van der Waals surface area contributed by atoms with Crippen molar-refractivity contribution in [2.24, 2.45) is 0 Å². The summed E-state index contributed by atoms with van der Waals surface area (Å²) < 4.78 is 117. The molecule has 10 rings (SSSR count). The first-order valence-electron chi connectivity index (χ1n) is 22.1. The van der Waals surface area contributed by atoms with E-state index in [-0.39, 0.29) is 50.0 Å². The summed E-state index contributed by atoms with van der Waals surface area (Å²) in [5, 5.41) is 1.77. The first-order valence-corrected chi connectivity index (χ1v) is 16.5. The van der Waals surface area contributed by atoms with Gasteiger partial charge in [0.1, 0.15) is 0 Å². The number of aromatic nitrogens is 4. The molecule has 0 fully saturated rings. The number of thiophene rings is 1. The molecular formula is C45H28N4S. The highest BCUT2D eigenvalue weighted by Crippen LogP contribution is 2.40. The van der Waals surface area contributed by atoms with Crippen LogP contribution in [0.2, 0.25) is 0 Å². The van der Waals surface area contributed by atoms with Crippen LogP contribution in [0.1, 0.15) is 17.8 Å². The molecule has 0 amide bonds. The molecule has 10 aromatic rings. The number of hydrogen-bond acceptors (Lipinski definition) is 4. The fraction of sp³-hybridized carbons (Fsp3) is 0. The average Bonchev–Trinajstić information content (AvgIpc) is 3.87. The first-order chi connectivity index (χ1) is 30.2. The molecule has 0 unspecified atom stereocenters. The molecule has 0 aliphatic carbocycles. The third-order valence-electron chi connectivity index (χ3n) is 8.57. The van der Waals surface area contributed by atoms with Gasteiger partial charge in [-0.25, -0.2) is 15.0 Å². The lowest BCUT2D eigenvalue weighted by molar-refractivity contribution is 1.07. The molecule has 3 heterocycles. The molecule has 5 heteroatoms. The zero-order valence-electron chi connectivity index (χ0n) is 38.9. The third-order valence-corrected chi connectivity index (χ3v) is 9.79. The normalized spacial score (nSPS) is 15.2. The first kappa shape index (κ1) is 18.4. The molecule has 0 saturated heterocycles. The minimum Gasteiger partial charge on any atom is -0.309 e. The molecule has 0 spiro atoms. The van der Waals surface area contributed by atoms with Crippen molar-refractivity contribution < 1.29 is 17.8 Å². The Kier molecular flexibility index (Phi) is 4.27. The van der Waals surface area contributed by atoms with Crippen molar-refractivity contribution in [1.29, 1.82) is 0 Å². The van der Waals surface area contributed by atoms with Gasteiger partial charge in [-0.3, -0.25) is 0 Å². The summed E-state index contributed by atoms with van der Waals surface area (Å²) in [5.41, 5.74) is 1.23. The molecule has 3 aromatic heterocycles. The predicted molar refractivity (Wildman–Crippen MR) is 209 cm³/mol. The Morgan fingerprint density at radius 2 is 1.08 bits per heavy atom. The summed E-state index contributed by atoms with van der Waals surface area (Å²) >= 11 is 1.59. The van der Waals surface area contributed by atoms with E-state index in [0.717, 1.165) is 20.2 Å². The summed E-state index contributed by atoms with van der Waals surface area (Å²) in [6.45, 7) is 0. The van der Waals surface area contributed by atoms with Crippen molar-refractivity contribution in [3.05, 3.63) is 170 Å². The number of fused-ring (bicyclic) bond motifs is 6. The van der Waals surface area contributed by atoms with Crippen LogP contribution in [0, 0.1) is 0 Å². The van der Waals surface area contributed by atoms with Crippen molar-refractivity contribution in [3.63, 3.8) is 0 Å².